The molecule has 2 heterocycles. The van der Waals surface area contributed by atoms with Crippen molar-refractivity contribution in [3.05, 3.63) is 69.9 Å². The van der Waals surface area contributed by atoms with Crippen molar-refractivity contribution in [3.63, 3.8) is 0 Å². The van der Waals surface area contributed by atoms with Crippen LogP contribution in [0.5, 0.6) is 11.5 Å². The number of carbonyl (C=O) groups is 1. The van der Waals surface area contributed by atoms with E-state index in [2.05, 4.69) is 10.3 Å². The van der Waals surface area contributed by atoms with Gasteiger partial charge in [-0.1, -0.05) is 29.5 Å². The number of aryl methyl sites for hydroxylation is 1. The lowest BCUT2D eigenvalue weighted by Crippen LogP contribution is -2.09. The van der Waals surface area contributed by atoms with Crippen molar-refractivity contribution in [2.45, 2.75) is 13.5 Å². The minimum Gasteiger partial charge on any atom is -0.497 e. The number of rotatable bonds is 6. The molecule has 1 amide bonds. The molecule has 142 valence electrons. The first-order valence-electron chi connectivity index (χ1n) is 8.64. The van der Waals surface area contributed by atoms with Crippen molar-refractivity contribution in [2.24, 2.45) is 0 Å². The number of nitrogens with zero attached hydrogens (tertiary/aromatic N) is 1. The molecule has 28 heavy (non-hydrogen) atoms. The standard InChI is InChI=1S/C21H18N2O3S2/c1-13-5-3-8-17-19(13)22-21(28-17)23-20(24)18-9-14(12-27-18)11-26-16-7-4-6-15(10-16)25-2/h3-10,12H,11H2,1-2H3,(H,22,23,24). The molecule has 0 fully saturated rings. The Kier molecular flexibility index (Phi) is 5.27. The lowest BCUT2D eigenvalue weighted by atomic mass is 10.2. The number of ether oxygens (including phenoxy) is 2. The molecule has 5 nitrogen and oxygen atoms in total. The first kappa shape index (κ1) is 18.5. The van der Waals surface area contributed by atoms with E-state index in [9.17, 15) is 4.79 Å². The molecule has 0 bridgehead atoms. The highest BCUT2D eigenvalue weighted by molar-refractivity contribution is 7.22. The van der Waals surface area contributed by atoms with Crippen molar-refractivity contribution in [1.29, 1.82) is 0 Å². The van der Waals surface area contributed by atoms with Gasteiger partial charge in [-0.05, 0) is 42.1 Å². The molecular weight excluding hydrogens is 392 g/mol. The Morgan fingerprint density at radius 2 is 1.96 bits per heavy atom. The summed E-state index contributed by atoms with van der Waals surface area (Å²) in [5.41, 5.74) is 2.97. The first-order valence-corrected chi connectivity index (χ1v) is 10.3. The molecule has 0 spiro atoms. The molecule has 0 atom stereocenters. The molecule has 4 aromatic rings. The molecular formula is C21H18N2O3S2. The van der Waals surface area contributed by atoms with Crippen LogP contribution in [-0.2, 0) is 6.61 Å². The zero-order valence-electron chi connectivity index (χ0n) is 15.4. The maximum atomic E-state index is 12.6. The van der Waals surface area contributed by atoms with Crippen LogP contribution in [0.1, 0.15) is 20.8 Å². The number of hydrogen-bond donors (Lipinski definition) is 1. The highest BCUT2D eigenvalue weighted by Gasteiger charge is 2.13. The van der Waals surface area contributed by atoms with Crippen LogP contribution in [0.3, 0.4) is 0 Å². The number of hydrogen-bond acceptors (Lipinski definition) is 6. The Balaban J connectivity index is 1.41. The molecule has 7 heteroatoms. The van der Waals surface area contributed by atoms with Crippen LogP contribution in [0.4, 0.5) is 5.13 Å². The first-order chi connectivity index (χ1) is 13.6. The van der Waals surface area contributed by atoms with Gasteiger partial charge in [0.1, 0.15) is 18.1 Å². The van der Waals surface area contributed by atoms with Gasteiger partial charge in [0.2, 0.25) is 0 Å². The molecule has 1 N–H and O–H groups in total. The summed E-state index contributed by atoms with van der Waals surface area (Å²) in [6, 6.07) is 15.3. The van der Waals surface area contributed by atoms with Gasteiger partial charge < -0.3 is 9.47 Å². The van der Waals surface area contributed by atoms with E-state index >= 15 is 0 Å². The molecule has 2 aromatic heterocycles. The molecule has 0 aliphatic heterocycles. The van der Waals surface area contributed by atoms with E-state index in [1.54, 1.807) is 7.11 Å². The summed E-state index contributed by atoms with van der Waals surface area (Å²) in [4.78, 5) is 17.7. The highest BCUT2D eigenvalue weighted by atomic mass is 32.1. The molecule has 4 rings (SSSR count). The summed E-state index contributed by atoms with van der Waals surface area (Å²) in [6.07, 6.45) is 0. The second kappa shape index (κ2) is 8.00. The van der Waals surface area contributed by atoms with Crippen LogP contribution in [-0.4, -0.2) is 18.0 Å². The molecule has 0 aliphatic rings. The predicted molar refractivity (Wildman–Crippen MR) is 114 cm³/mol. The summed E-state index contributed by atoms with van der Waals surface area (Å²) < 4.78 is 12.0. The maximum absolute atomic E-state index is 12.6. The summed E-state index contributed by atoms with van der Waals surface area (Å²) in [6.45, 7) is 2.40. The van der Waals surface area contributed by atoms with Gasteiger partial charge in [0.15, 0.2) is 5.13 Å². The van der Waals surface area contributed by atoms with Gasteiger partial charge in [-0.3, -0.25) is 10.1 Å². The third kappa shape index (κ3) is 4.00. The molecule has 2 aromatic carbocycles. The fourth-order valence-corrected chi connectivity index (χ4v) is 4.46. The normalized spacial score (nSPS) is 10.8. The lowest BCUT2D eigenvalue weighted by molar-refractivity contribution is 0.103. The van der Waals surface area contributed by atoms with Crippen molar-refractivity contribution in [3.8, 4) is 11.5 Å². The Labute approximate surface area is 170 Å². The van der Waals surface area contributed by atoms with E-state index < -0.39 is 0 Å². The molecule has 0 aliphatic carbocycles. The van der Waals surface area contributed by atoms with Gasteiger partial charge in [-0.15, -0.1) is 11.3 Å². The highest BCUT2D eigenvalue weighted by Crippen LogP contribution is 2.29. The number of fused-ring (bicyclic) bond motifs is 1. The number of amides is 1. The summed E-state index contributed by atoms with van der Waals surface area (Å²) in [5.74, 6) is 1.31. The quantitative estimate of drug-likeness (QED) is 0.456. The largest absolute Gasteiger partial charge is 0.497 e. The average Bonchev–Trinajstić information content (AvgIpc) is 3.34. The number of carbonyl (C=O) groups excluding carboxylic acids is 1. The van der Waals surface area contributed by atoms with E-state index in [1.807, 2.05) is 60.8 Å². The third-order valence-corrected chi connectivity index (χ3v) is 6.08. The zero-order valence-corrected chi connectivity index (χ0v) is 17.0. The van der Waals surface area contributed by atoms with Crippen molar-refractivity contribution < 1.29 is 14.3 Å². The van der Waals surface area contributed by atoms with Crippen molar-refractivity contribution in [1.82, 2.24) is 4.98 Å². The van der Waals surface area contributed by atoms with Crippen LogP contribution < -0.4 is 14.8 Å². The third-order valence-electron chi connectivity index (χ3n) is 4.17. The molecule has 0 radical (unpaired) electrons. The Morgan fingerprint density at radius 3 is 2.79 bits per heavy atom. The van der Waals surface area contributed by atoms with Gasteiger partial charge in [-0.2, -0.15) is 0 Å². The number of thiophene rings is 1. The molecule has 0 saturated carbocycles. The molecule has 0 saturated heterocycles. The van der Waals surface area contributed by atoms with Gasteiger partial charge in [0.05, 0.1) is 22.2 Å². The minimum absolute atomic E-state index is 0.158. The van der Waals surface area contributed by atoms with E-state index in [-0.39, 0.29) is 5.91 Å². The van der Waals surface area contributed by atoms with E-state index in [0.717, 1.165) is 32.8 Å². The Morgan fingerprint density at radius 1 is 1.14 bits per heavy atom. The van der Waals surface area contributed by atoms with Crippen LogP contribution in [0.2, 0.25) is 0 Å². The van der Waals surface area contributed by atoms with Crippen LogP contribution >= 0.6 is 22.7 Å². The number of nitrogens with one attached hydrogen (secondary N) is 1. The van der Waals surface area contributed by atoms with E-state index in [1.165, 1.54) is 22.7 Å². The van der Waals surface area contributed by atoms with Crippen molar-refractivity contribution in [2.75, 3.05) is 12.4 Å². The zero-order chi connectivity index (χ0) is 19.5. The van der Waals surface area contributed by atoms with Crippen LogP contribution in [0, 0.1) is 6.92 Å². The lowest BCUT2D eigenvalue weighted by Gasteiger charge is -2.06. The number of thiazole rings is 1. The number of para-hydroxylation sites is 1. The van der Waals surface area contributed by atoms with Crippen molar-refractivity contribution >= 4 is 43.9 Å². The number of benzene rings is 2. The van der Waals surface area contributed by atoms with Gasteiger partial charge in [0, 0.05) is 11.6 Å². The maximum Gasteiger partial charge on any atom is 0.267 e. The SMILES string of the molecule is COc1cccc(OCc2csc(C(=O)Nc3nc4c(C)cccc4s3)c2)c1. The topological polar surface area (TPSA) is 60.5 Å². The fourth-order valence-electron chi connectivity index (χ4n) is 2.73. The predicted octanol–water partition coefficient (Wildman–Crippen LogP) is 5.51. The summed E-state index contributed by atoms with van der Waals surface area (Å²) in [5, 5.41) is 5.43. The van der Waals surface area contributed by atoms with E-state index in [4.69, 9.17) is 9.47 Å². The fraction of sp³-hybridized carbons (Fsp3) is 0.143. The Hall–Kier alpha value is -2.90. The smallest absolute Gasteiger partial charge is 0.267 e. The second-order valence-corrected chi connectivity index (χ2v) is 8.12. The van der Waals surface area contributed by atoms with Gasteiger partial charge in [0.25, 0.3) is 5.91 Å². The number of anilines is 1. The summed E-state index contributed by atoms with van der Waals surface area (Å²) >= 11 is 2.87. The van der Waals surface area contributed by atoms with Crippen LogP contribution in [0.25, 0.3) is 10.2 Å². The minimum atomic E-state index is -0.158. The monoisotopic (exact) mass is 410 g/mol. The molecule has 0 unspecified atom stereocenters. The van der Waals surface area contributed by atoms with E-state index in [0.29, 0.717) is 16.6 Å². The second-order valence-electron chi connectivity index (χ2n) is 6.18. The Bertz CT molecular complexity index is 1130. The summed E-state index contributed by atoms with van der Waals surface area (Å²) in [7, 11) is 1.62. The van der Waals surface area contributed by atoms with Crippen LogP contribution in [0.15, 0.2) is 53.9 Å². The number of methoxy groups -OCH3 is 1. The number of aromatic nitrogens is 1. The van der Waals surface area contributed by atoms with Gasteiger partial charge >= 0.3 is 0 Å². The van der Waals surface area contributed by atoms with Gasteiger partial charge in [-0.25, -0.2) is 4.98 Å². The average molecular weight is 411 g/mol.